The van der Waals surface area contributed by atoms with Gasteiger partial charge >= 0.3 is 0 Å². The molecule has 1 atom stereocenters. The van der Waals surface area contributed by atoms with Crippen LogP contribution < -0.4 is 5.32 Å². The van der Waals surface area contributed by atoms with Crippen molar-refractivity contribution in [1.82, 2.24) is 10.3 Å². The van der Waals surface area contributed by atoms with Crippen molar-refractivity contribution in [3.63, 3.8) is 0 Å². The van der Waals surface area contributed by atoms with E-state index in [1.54, 1.807) is 0 Å². The topological polar surface area (TPSA) is 65.1 Å². The van der Waals surface area contributed by atoms with Crippen LogP contribution in [0, 0.1) is 6.92 Å². The molecule has 4 nitrogen and oxygen atoms in total. The summed E-state index contributed by atoms with van der Waals surface area (Å²) in [7, 11) is 0. The number of aliphatic hydroxyl groups excluding tert-OH is 1. The van der Waals surface area contributed by atoms with Gasteiger partial charge in [-0.2, -0.15) is 0 Å². The predicted octanol–water partition coefficient (Wildman–Crippen LogP) is 3.42. The normalized spacial score (nSPS) is 12.2. The van der Waals surface area contributed by atoms with Gasteiger partial charge in [-0.05, 0) is 24.1 Å². The maximum absolute atomic E-state index is 12.6. The molecule has 5 heteroatoms. The average Bonchev–Trinajstić information content (AvgIpc) is 3.02. The lowest BCUT2D eigenvalue weighted by Gasteiger charge is -2.16. The Hall–Kier alpha value is -2.24. The summed E-state index contributed by atoms with van der Waals surface area (Å²) >= 11 is 1.53. The summed E-state index contributed by atoms with van der Waals surface area (Å²) in [5.41, 5.74) is 3.19. The number of hydrogen-bond acceptors (Lipinski definition) is 3. The minimum absolute atomic E-state index is 0.0654. The van der Waals surface area contributed by atoms with E-state index in [4.69, 9.17) is 5.11 Å². The average molecular weight is 340 g/mol. The zero-order valence-corrected chi connectivity index (χ0v) is 14.3. The van der Waals surface area contributed by atoms with Gasteiger partial charge in [0.1, 0.15) is 5.25 Å². The molecule has 0 aliphatic heterocycles. The first-order valence-electron chi connectivity index (χ1n) is 7.87. The molecule has 0 saturated carbocycles. The van der Waals surface area contributed by atoms with Crippen molar-refractivity contribution in [2.75, 3.05) is 13.2 Å². The van der Waals surface area contributed by atoms with Crippen molar-refractivity contribution < 1.29 is 9.90 Å². The molecule has 1 amide bonds. The summed E-state index contributed by atoms with van der Waals surface area (Å²) in [6.07, 6.45) is 1.96. The molecular formula is C19H20N2O2S. The summed E-state index contributed by atoms with van der Waals surface area (Å²) in [6.45, 7) is 2.27. The number of aliphatic hydroxyl groups is 1. The first kappa shape index (κ1) is 16.6. The SMILES string of the molecule is Cc1cccc2[nH]cc(SC(C(=O)NCCO)c3ccccc3)c12. The fraction of sp³-hybridized carbons (Fsp3) is 0.211. The zero-order valence-electron chi connectivity index (χ0n) is 13.5. The van der Waals surface area contributed by atoms with Crippen molar-refractivity contribution in [1.29, 1.82) is 0 Å². The number of carbonyl (C=O) groups is 1. The van der Waals surface area contributed by atoms with Crippen molar-refractivity contribution in [2.24, 2.45) is 0 Å². The smallest absolute Gasteiger partial charge is 0.238 e. The molecule has 0 aliphatic rings. The molecule has 2 aromatic carbocycles. The Morgan fingerprint density at radius 3 is 2.75 bits per heavy atom. The van der Waals surface area contributed by atoms with Crippen molar-refractivity contribution >= 4 is 28.6 Å². The number of rotatable bonds is 6. The van der Waals surface area contributed by atoms with Crippen LogP contribution in [0.4, 0.5) is 0 Å². The van der Waals surface area contributed by atoms with E-state index >= 15 is 0 Å². The minimum atomic E-state index is -0.364. The van der Waals surface area contributed by atoms with Crippen LogP contribution in [0.3, 0.4) is 0 Å². The molecular weight excluding hydrogens is 320 g/mol. The largest absolute Gasteiger partial charge is 0.395 e. The van der Waals surface area contributed by atoms with E-state index in [0.717, 1.165) is 21.4 Å². The van der Waals surface area contributed by atoms with E-state index < -0.39 is 0 Å². The van der Waals surface area contributed by atoms with Crippen LogP contribution in [-0.4, -0.2) is 29.1 Å². The summed E-state index contributed by atoms with van der Waals surface area (Å²) < 4.78 is 0. The second kappa shape index (κ2) is 7.55. The summed E-state index contributed by atoms with van der Waals surface area (Å²) in [6, 6.07) is 15.8. The van der Waals surface area contributed by atoms with Crippen molar-refractivity contribution in [3.8, 4) is 0 Å². The van der Waals surface area contributed by atoms with Gasteiger partial charge in [-0.15, -0.1) is 11.8 Å². The Balaban J connectivity index is 1.95. The highest BCUT2D eigenvalue weighted by atomic mass is 32.2. The van der Waals surface area contributed by atoms with Crippen LogP contribution in [0.15, 0.2) is 59.6 Å². The molecule has 0 bridgehead atoms. The van der Waals surface area contributed by atoms with E-state index in [1.165, 1.54) is 17.3 Å². The quantitative estimate of drug-likeness (QED) is 0.603. The lowest BCUT2D eigenvalue weighted by molar-refractivity contribution is -0.120. The lowest BCUT2D eigenvalue weighted by Crippen LogP contribution is -2.30. The molecule has 0 fully saturated rings. The molecule has 0 spiro atoms. The lowest BCUT2D eigenvalue weighted by atomic mass is 10.1. The van der Waals surface area contributed by atoms with E-state index in [9.17, 15) is 4.79 Å². The Bertz CT molecular complexity index is 830. The Morgan fingerprint density at radius 1 is 1.21 bits per heavy atom. The molecule has 0 radical (unpaired) electrons. The fourth-order valence-corrected chi connectivity index (χ4v) is 3.98. The second-order valence-corrected chi connectivity index (χ2v) is 6.72. The number of aromatic nitrogens is 1. The van der Waals surface area contributed by atoms with Crippen molar-refractivity contribution in [2.45, 2.75) is 17.1 Å². The maximum Gasteiger partial charge on any atom is 0.238 e. The summed E-state index contributed by atoms with van der Waals surface area (Å²) in [5.74, 6) is -0.0943. The van der Waals surface area contributed by atoms with E-state index in [0.29, 0.717) is 0 Å². The number of nitrogens with one attached hydrogen (secondary N) is 2. The van der Waals surface area contributed by atoms with Gasteiger partial charge in [-0.3, -0.25) is 4.79 Å². The van der Waals surface area contributed by atoms with Gasteiger partial charge in [0, 0.05) is 28.5 Å². The third-order valence-corrected chi connectivity index (χ3v) is 5.17. The highest BCUT2D eigenvalue weighted by Crippen LogP contribution is 2.40. The van der Waals surface area contributed by atoms with Crippen LogP contribution in [-0.2, 0) is 4.79 Å². The third-order valence-electron chi connectivity index (χ3n) is 3.87. The standard InChI is InChI=1S/C19H20N2O2S/c1-13-6-5-9-15-17(13)16(12-21-15)24-18(19(23)20-10-11-22)14-7-3-2-4-8-14/h2-9,12,18,21-22H,10-11H2,1H3,(H,20,23). The molecule has 3 aromatic rings. The minimum Gasteiger partial charge on any atom is -0.395 e. The van der Waals surface area contributed by atoms with Gasteiger partial charge in [0.05, 0.1) is 6.61 Å². The number of H-pyrrole nitrogens is 1. The second-order valence-electron chi connectivity index (χ2n) is 5.57. The first-order chi connectivity index (χ1) is 11.7. The van der Waals surface area contributed by atoms with Gasteiger partial charge in [-0.1, -0.05) is 42.5 Å². The van der Waals surface area contributed by atoms with Crippen LogP contribution in [0.5, 0.6) is 0 Å². The number of aromatic amines is 1. The van der Waals surface area contributed by atoms with Crippen molar-refractivity contribution in [3.05, 3.63) is 65.9 Å². The first-order valence-corrected chi connectivity index (χ1v) is 8.75. The molecule has 124 valence electrons. The van der Waals surface area contributed by atoms with Gasteiger partial charge < -0.3 is 15.4 Å². The van der Waals surface area contributed by atoms with E-state index in [-0.39, 0.29) is 24.3 Å². The number of aryl methyl sites for hydroxylation is 1. The predicted molar refractivity (Wildman–Crippen MR) is 98.2 cm³/mol. The van der Waals surface area contributed by atoms with Crippen LogP contribution in [0.1, 0.15) is 16.4 Å². The molecule has 24 heavy (non-hydrogen) atoms. The Morgan fingerprint density at radius 2 is 2.00 bits per heavy atom. The number of thioether (sulfide) groups is 1. The number of hydrogen-bond donors (Lipinski definition) is 3. The van der Waals surface area contributed by atoms with Crippen LogP contribution in [0.25, 0.3) is 10.9 Å². The zero-order chi connectivity index (χ0) is 16.9. The number of amides is 1. The molecule has 1 aromatic heterocycles. The number of carbonyl (C=O) groups excluding carboxylic acids is 1. The number of benzene rings is 2. The number of fused-ring (bicyclic) bond motifs is 1. The maximum atomic E-state index is 12.6. The monoisotopic (exact) mass is 340 g/mol. The fourth-order valence-electron chi connectivity index (χ4n) is 2.72. The molecule has 3 N–H and O–H groups in total. The Kier molecular flexibility index (Phi) is 5.23. The van der Waals surface area contributed by atoms with Gasteiger partial charge in [-0.25, -0.2) is 0 Å². The van der Waals surface area contributed by atoms with Crippen LogP contribution in [0.2, 0.25) is 0 Å². The molecule has 0 saturated heterocycles. The third kappa shape index (κ3) is 3.47. The molecule has 1 unspecified atom stereocenters. The summed E-state index contributed by atoms with van der Waals surface area (Å²) in [5, 5.41) is 12.5. The van der Waals surface area contributed by atoms with E-state index in [1.807, 2.05) is 48.7 Å². The highest BCUT2D eigenvalue weighted by molar-refractivity contribution is 8.00. The molecule has 3 rings (SSSR count). The summed E-state index contributed by atoms with van der Waals surface area (Å²) in [4.78, 5) is 16.9. The van der Waals surface area contributed by atoms with Gasteiger partial charge in [0.2, 0.25) is 5.91 Å². The van der Waals surface area contributed by atoms with Gasteiger partial charge in [0.15, 0.2) is 0 Å². The van der Waals surface area contributed by atoms with E-state index in [2.05, 4.69) is 23.3 Å². The molecule has 1 heterocycles. The van der Waals surface area contributed by atoms with Gasteiger partial charge in [0.25, 0.3) is 0 Å². The molecule has 0 aliphatic carbocycles. The highest BCUT2D eigenvalue weighted by Gasteiger charge is 2.23. The Labute approximate surface area is 145 Å². The van der Waals surface area contributed by atoms with Crippen LogP contribution >= 0.6 is 11.8 Å².